The molecule has 0 unspecified atom stereocenters. The van der Waals surface area contributed by atoms with Crippen LogP contribution in [0, 0.1) is 19.8 Å². The average Bonchev–Trinajstić information content (AvgIpc) is 3.26. The fourth-order valence-corrected chi connectivity index (χ4v) is 3.23. The molecular weight excluding hydrogens is 306 g/mol. The second-order valence-corrected chi connectivity index (χ2v) is 6.32. The molecule has 1 aliphatic heterocycles. The minimum atomic E-state index is -0.0885. The van der Waals surface area contributed by atoms with E-state index in [9.17, 15) is 4.79 Å². The molecule has 0 radical (unpaired) electrons. The zero-order valence-electron chi connectivity index (χ0n) is 14.7. The van der Waals surface area contributed by atoms with Gasteiger partial charge in [0.05, 0.1) is 30.9 Å². The Balaban J connectivity index is 1.67. The predicted molar refractivity (Wildman–Crippen MR) is 89.3 cm³/mol. The number of aryl methyl sites for hydroxylation is 3. The van der Waals surface area contributed by atoms with Gasteiger partial charge in [0.25, 0.3) is 0 Å². The number of hydrogen-bond acceptors (Lipinski definition) is 5. The van der Waals surface area contributed by atoms with Crippen molar-refractivity contribution in [2.45, 2.75) is 39.8 Å². The van der Waals surface area contributed by atoms with Gasteiger partial charge in [-0.15, -0.1) is 0 Å². The monoisotopic (exact) mass is 331 g/mol. The van der Waals surface area contributed by atoms with Gasteiger partial charge >= 0.3 is 0 Å². The number of rotatable bonds is 5. The van der Waals surface area contributed by atoms with Gasteiger partial charge in [-0.1, -0.05) is 0 Å². The van der Waals surface area contributed by atoms with Crippen LogP contribution in [0.4, 0.5) is 0 Å². The first-order valence-corrected chi connectivity index (χ1v) is 8.38. The SMILES string of the molecule is CCn1nc(C)c(CNC(=O)[C@H]2CNC[C@@H]2c2cnn(C)c2C)n1. The molecule has 0 saturated carbocycles. The Kier molecular flexibility index (Phi) is 4.66. The van der Waals surface area contributed by atoms with E-state index in [4.69, 9.17) is 0 Å². The molecule has 3 rings (SSSR count). The Morgan fingerprint density at radius 3 is 2.79 bits per heavy atom. The number of hydrogen-bond donors (Lipinski definition) is 2. The smallest absolute Gasteiger partial charge is 0.225 e. The first-order chi connectivity index (χ1) is 11.5. The summed E-state index contributed by atoms with van der Waals surface area (Å²) in [5.41, 5.74) is 3.95. The summed E-state index contributed by atoms with van der Waals surface area (Å²) in [5, 5.41) is 19.4. The van der Waals surface area contributed by atoms with Crippen molar-refractivity contribution in [2.75, 3.05) is 13.1 Å². The van der Waals surface area contributed by atoms with E-state index in [0.717, 1.165) is 35.7 Å². The van der Waals surface area contributed by atoms with E-state index < -0.39 is 0 Å². The molecule has 2 aromatic rings. The topological polar surface area (TPSA) is 89.7 Å². The molecular formula is C16H25N7O. The van der Waals surface area contributed by atoms with Crippen LogP contribution in [0.3, 0.4) is 0 Å². The first-order valence-electron chi connectivity index (χ1n) is 8.38. The van der Waals surface area contributed by atoms with Gasteiger partial charge in [-0.05, 0) is 26.3 Å². The highest BCUT2D eigenvalue weighted by atomic mass is 16.1. The first kappa shape index (κ1) is 16.6. The lowest BCUT2D eigenvalue weighted by atomic mass is 9.88. The summed E-state index contributed by atoms with van der Waals surface area (Å²) >= 11 is 0. The lowest BCUT2D eigenvalue weighted by Crippen LogP contribution is -2.34. The number of carbonyl (C=O) groups excluding carboxylic acids is 1. The third kappa shape index (κ3) is 3.06. The Labute approximate surface area is 141 Å². The molecule has 8 heteroatoms. The second-order valence-electron chi connectivity index (χ2n) is 6.32. The summed E-state index contributed by atoms with van der Waals surface area (Å²) in [5.74, 6) is 0.124. The van der Waals surface area contributed by atoms with Crippen molar-refractivity contribution in [1.29, 1.82) is 0 Å². The average molecular weight is 331 g/mol. The Morgan fingerprint density at radius 1 is 1.38 bits per heavy atom. The van der Waals surface area contributed by atoms with Gasteiger partial charge in [0, 0.05) is 31.7 Å². The molecule has 3 heterocycles. The largest absolute Gasteiger partial charge is 0.350 e. The molecule has 1 amide bonds. The van der Waals surface area contributed by atoms with E-state index in [1.807, 2.05) is 38.7 Å². The number of nitrogens with one attached hydrogen (secondary N) is 2. The van der Waals surface area contributed by atoms with E-state index in [1.54, 1.807) is 4.80 Å². The van der Waals surface area contributed by atoms with Gasteiger partial charge in [-0.2, -0.15) is 20.1 Å². The Hall–Kier alpha value is -2.22. The summed E-state index contributed by atoms with van der Waals surface area (Å²) in [6.07, 6.45) is 1.88. The Morgan fingerprint density at radius 2 is 2.17 bits per heavy atom. The normalized spacial score (nSPS) is 20.5. The minimum Gasteiger partial charge on any atom is -0.350 e. The molecule has 1 saturated heterocycles. The third-order valence-electron chi connectivity index (χ3n) is 4.86. The van der Waals surface area contributed by atoms with Crippen LogP contribution in [-0.2, 0) is 24.9 Å². The van der Waals surface area contributed by atoms with Crippen LogP contribution in [0.2, 0.25) is 0 Å². The van der Waals surface area contributed by atoms with Crippen LogP contribution in [-0.4, -0.2) is 43.8 Å². The molecule has 1 fully saturated rings. The van der Waals surface area contributed by atoms with Crippen molar-refractivity contribution in [3.8, 4) is 0 Å². The van der Waals surface area contributed by atoms with Crippen molar-refractivity contribution in [3.05, 3.63) is 28.8 Å². The zero-order valence-corrected chi connectivity index (χ0v) is 14.7. The molecule has 24 heavy (non-hydrogen) atoms. The third-order valence-corrected chi connectivity index (χ3v) is 4.86. The number of amides is 1. The summed E-state index contributed by atoms with van der Waals surface area (Å²) in [6, 6.07) is 0. The summed E-state index contributed by atoms with van der Waals surface area (Å²) in [4.78, 5) is 14.3. The van der Waals surface area contributed by atoms with E-state index >= 15 is 0 Å². The van der Waals surface area contributed by atoms with Gasteiger partial charge < -0.3 is 10.6 Å². The standard InChI is InChI=1S/C16H25N7O/c1-5-23-20-10(2)15(21-23)9-18-16(24)14-7-17-6-13(14)12-8-19-22(4)11(12)3/h8,13-14,17H,5-7,9H2,1-4H3,(H,18,24)/t13-,14+/m1/s1. The fraction of sp³-hybridized carbons (Fsp3) is 0.625. The molecule has 0 spiro atoms. The van der Waals surface area contributed by atoms with Gasteiger partial charge in [0.2, 0.25) is 5.91 Å². The quantitative estimate of drug-likeness (QED) is 0.821. The maximum absolute atomic E-state index is 12.7. The van der Waals surface area contributed by atoms with Crippen LogP contribution in [0.25, 0.3) is 0 Å². The number of aromatic nitrogens is 5. The molecule has 1 aliphatic rings. The lowest BCUT2D eigenvalue weighted by Gasteiger charge is -2.18. The Bertz CT molecular complexity index is 733. The van der Waals surface area contributed by atoms with Crippen molar-refractivity contribution in [3.63, 3.8) is 0 Å². The maximum Gasteiger partial charge on any atom is 0.225 e. The van der Waals surface area contributed by atoms with Gasteiger partial charge in [-0.3, -0.25) is 9.48 Å². The molecule has 0 aromatic carbocycles. The van der Waals surface area contributed by atoms with Crippen molar-refractivity contribution in [1.82, 2.24) is 35.4 Å². The highest BCUT2D eigenvalue weighted by Crippen LogP contribution is 2.30. The number of carbonyl (C=O) groups is 1. The number of nitrogens with zero attached hydrogens (tertiary/aromatic N) is 5. The molecule has 2 atom stereocenters. The molecule has 130 valence electrons. The van der Waals surface area contributed by atoms with Crippen LogP contribution in [0.1, 0.15) is 35.5 Å². The van der Waals surface area contributed by atoms with E-state index in [0.29, 0.717) is 13.1 Å². The summed E-state index contributed by atoms with van der Waals surface area (Å²) in [7, 11) is 1.93. The van der Waals surface area contributed by atoms with Crippen molar-refractivity contribution < 1.29 is 4.79 Å². The molecule has 2 aromatic heterocycles. The highest BCUT2D eigenvalue weighted by molar-refractivity contribution is 5.80. The highest BCUT2D eigenvalue weighted by Gasteiger charge is 2.35. The molecule has 0 aliphatic carbocycles. The van der Waals surface area contributed by atoms with Crippen LogP contribution in [0.5, 0.6) is 0 Å². The summed E-state index contributed by atoms with van der Waals surface area (Å²) < 4.78 is 1.86. The van der Waals surface area contributed by atoms with Crippen LogP contribution >= 0.6 is 0 Å². The minimum absolute atomic E-state index is 0.0544. The van der Waals surface area contributed by atoms with Crippen LogP contribution < -0.4 is 10.6 Å². The lowest BCUT2D eigenvalue weighted by molar-refractivity contribution is -0.125. The van der Waals surface area contributed by atoms with E-state index in [1.165, 1.54) is 0 Å². The zero-order chi connectivity index (χ0) is 17.3. The fourth-order valence-electron chi connectivity index (χ4n) is 3.23. The van der Waals surface area contributed by atoms with Gasteiger partial charge in [-0.25, -0.2) is 0 Å². The van der Waals surface area contributed by atoms with Crippen LogP contribution in [0.15, 0.2) is 6.20 Å². The van der Waals surface area contributed by atoms with Gasteiger partial charge in [0.1, 0.15) is 5.69 Å². The second kappa shape index (κ2) is 6.72. The molecule has 0 bridgehead atoms. The molecule has 8 nitrogen and oxygen atoms in total. The van der Waals surface area contributed by atoms with Crippen molar-refractivity contribution in [2.24, 2.45) is 13.0 Å². The van der Waals surface area contributed by atoms with E-state index in [2.05, 4.69) is 25.9 Å². The molecule has 2 N–H and O–H groups in total. The summed E-state index contributed by atoms with van der Waals surface area (Å²) in [6.45, 7) is 8.58. The predicted octanol–water partition coefficient (Wildman–Crippen LogP) is 0.268. The van der Waals surface area contributed by atoms with Crippen molar-refractivity contribution >= 4 is 5.91 Å². The van der Waals surface area contributed by atoms with Gasteiger partial charge in [0.15, 0.2) is 0 Å². The maximum atomic E-state index is 12.7. The van der Waals surface area contributed by atoms with E-state index in [-0.39, 0.29) is 17.7 Å².